The first kappa shape index (κ1) is 15.7. The highest BCUT2D eigenvalue weighted by Gasteiger charge is 2.41. The average Bonchev–Trinajstić information content (AvgIpc) is 2.76. The Kier molecular flexibility index (Phi) is 4.10. The van der Waals surface area contributed by atoms with Crippen molar-refractivity contribution in [3.05, 3.63) is 52.8 Å². The molecule has 126 valence electrons. The molecule has 1 fully saturated rings. The van der Waals surface area contributed by atoms with E-state index in [1.165, 1.54) is 18.4 Å². The maximum Gasteiger partial charge on any atom is 0.292 e. The predicted molar refractivity (Wildman–Crippen MR) is 93.8 cm³/mol. The first-order chi connectivity index (χ1) is 11.7. The Balaban J connectivity index is 1.66. The molecule has 0 amide bonds. The second kappa shape index (κ2) is 6.26. The monoisotopic (exact) mass is 344 g/mol. The standard InChI is InChI=1S/C19H21ClN2O2/c1-19(17-8-7-14(20)12-22-17)23-16-6-2-5-15(18(16)24-19)13-4-3-10-21-11-9-13/h2,5-8,12-13,21H,3-4,9-11H2,1H3/t13?,19-/m0/s1. The van der Waals surface area contributed by atoms with Crippen molar-refractivity contribution in [3.8, 4) is 11.5 Å². The number of nitrogens with one attached hydrogen (secondary N) is 1. The summed E-state index contributed by atoms with van der Waals surface area (Å²) in [5.74, 6) is 1.25. The van der Waals surface area contributed by atoms with E-state index < -0.39 is 5.79 Å². The summed E-state index contributed by atoms with van der Waals surface area (Å²) in [6, 6.07) is 9.84. The topological polar surface area (TPSA) is 43.4 Å². The van der Waals surface area contributed by atoms with Crippen molar-refractivity contribution >= 4 is 11.6 Å². The van der Waals surface area contributed by atoms with E-state index in [0.29, 0.717) is 10.9 Å². The van der Waals surface area contributed by atoms with E-state index >= 15 is 0 Å². The van der Waals surface area contributed by atoms with Crippen LogP contribution in [0.4, 0.5) is 0 Å². The van der Waals surface area contributed by atoms with Crippen molar-refractivity contribution in [2.45, 2.75) is 37.9 Å². The summed E-state index contributed by atoms with van der Waals surface area (Å²) >= 11 is 5.95. The molecule has 1 unspecified atom stereocenters. The smallest absolute Gasteiger partial charge is 0.292 e. The van der Waals surface area contributed by atoms with Gasteiger partial charge in [0.2, 0.25) is 0 Å². The number of hydrogen-bond donors (Lipinski definition) is 1. The molecule has 2 atom stereocenters. The Morgan fingerprint density at radius 3 is 2.92 bits per heavy atom. The van der Waals surface area contributed by atoms with Gasteiger partial charge < -0.3 is 14.8 Å². The van der Waals surface area contributed by atoms with E-state index in [1.807, 2.05) is 25.1 Å². The third-order valence-electron chi connectivity index (χ3n) is 4.82. The normalized spacial score (nSPS) is 26.2. The fourth-order valence-electron chi connectivity index (χ4n) is 3.55. The van der Waals surface area contributed by atoms with Crippen LogP contribution >= 0.6 is 11.6 Å². The molecule has 2 aromatic rings. The van der Waals surface area contributed by atoms with Crippen molar-refractivity contribution in [2.24, 2.45) is 0 Å². The van der Waals surface area contributed by atoms with Gasteiger partial charge in [0.15, 0.2) is 11.5 Å². The number of halogens is 1. The lowest BCUT2D eigenvalue weighted by atomic mass is 9.91. The summed E-state index contributed by atoms with van der Waals surface area (Å²) in [5, 5.41) is 4.07. The first-order valence-corrected chi connectivity index (χ1v) is 8.87. The number of nitrogens with zero attached hydrogens (tertiary/aromatic N) is 1. The van der Waals surface area contributed by atoms with Gasteiger partial charge in [-0.3, -0.25) is 4.98 Å². The van der Waals surface area contributed by atoms with Gasteiger partial charge >= 0.3 is 0 Å². The maximum absolute atomic E-state index is 6.30. The molecular formula is C19H21ClN2O2. The highest BCUT2D eigenvalue weighted by molar-refractivity contribution is 6.30. The zero-order valence-electron chi connectivity index (χ0n) is 13.7. The molecule has 0 spiro atoms. The average molecular weight is 345 g/mol. The van der Waals surface area contributed by atoms with Crippen molar-refractivity contribution in [3.63, 3.8) is 0 Å². The Morgan fingerprint density at radius 1 is 1.17 bits per heavy atom. The summed E-state index contributed by atoms with van der Waals surface area (Å²) in [7, 11) is 0. The van der Waals surface area contributed by atoms with Gasteiger partial charge in [-0.15, -0.1) is 0 Å². The zero-order chi connectivity index (χ0) is 16.6. The van der Waals surface area contributed by atoms with Crippen LogP contribution in [0.3, 0.4) is 0 Å². The molecule has 1 N–H and O–H groups in total. The van der Waals surface area contributed by atoms with Gasteiger partial charge in [0.1, 0.15) is 5.69 Å². The number of aromatic nitrogens is 1. The molecule has 0 saturated carbocycles. The van der Waals surface area contributed by atoms with E-state index in [9.17, 15) is 0 Å². The van der Waals surface area contributed by atoms with Gasteiger partial charge in [0.25, 0.3) is 5.79 Å². The molecule has 1 saturated heterocycles. The Morgan fingerprint density at radius 2 is 2.08 bits per heavy atom. The number of rotatable bonds is 2. The molecule has 2 aliphatic rings. The molecule has 3 heterocycles. The predicted octanol–water partition coefficient (Wildman–Crippen LogP) is 4.24. The number of hydrogen-bond acceptors (Lipinski definition) is 4. The molecule has 4 rings (SSSR count). The van der Waals surface area contributed by atoms with Crippen LogP contribution in [0, 0.1) is 0 Å². The van der Waals surface area contributed by atoms with Crippen molar-refractivity contribution in [1.82, 2.24) is 10.3 Å². The Labute approximate surface area is 147 Å². The largest absolute Gasteiger partial charge is 0.443 e. The third kappa shape index (κ3) is 2.85. The molecule has 0 bridgehead atoms. The van der Waals surface area contributed by atoms with Crippen molar-refractivity contribution in [1.29, 1.82) is 0 Å². The summed E-state index contributed by atoms with van der Waals surface area (Å²) in [5.41, 5.74) is 1.96. The SMILES string of the molecule is C[C@]1(c2ccc(Cl)cn2)Oc2cccc(C3CCCNCC3)c2O1. The van der Waals surface area contributed by atoms with E-state index in [0.717, 1.165) is 36.7 Å². The van der Waals surface area contributed by atoms with Crippen molar-refractivity contribution < 1.29 is 9.47 Å². The van der Waals surface area contributed by atoms with E-state index in [4.69, 9.17) is 21.1 Å². The van der Waals surface area contributed by atoms with E-state index in [2.05, 4.69) is 22.4 Å². The van der Waals surface area contributed by atoms with Crippen LogP contribution in [0.25, 0.3) is 0 Å². The summed E-state index contributed by atoms with van der Waals surface area (Å²) in [6.45, 7) is 4.04. The second-order valence-corrected chi connectivity index (χ2v) is 7.00. The first-order valence-electron chi connectivity index (χ1n) is 8.49. The Bertz CT molecular complexity index is 727. The minimum atomic E-state index is -0.911. The molecule has 0 aliphatic carbocycles. The Hall–Kier alpha value is -1.78. The molecule has 5 heteroatoms. The molecule has 2 aliphatic heterocycles. The van der Waals surface area contributed by atoms with Crippen LogP contribution in [0.2, 0.25) is 5.02 Å². The fourth-order valence-corrected chi connectivity index (χ4v) is 3.66. The molecule has 1 aromatic carbocycles. The number of ether oxygens (including phenoxy) is 2. The highest BCUT2D eigenvalue weighted by atomic mass is 35.5. The molecule has 4 nitrogen and oxygen atoms in total. The number of pyridine rings is 1. The van der Waals surface area contributed by atoms with Gasteiger partial charge in [-0.25, -0.2) is 0 Å². The molecular weight excluding hydrogens is 324 g/mol. The highest BCUT2D eigenvalue weighted by Crippen LogP contribution is 2.48. The number of para-hydroxylation sites is 1. The van der Waals surface area contributed by atoms with E-state index in [-0.39, 0.29) is 0 Å². The van der Waals surface area contributed by atoms with Crippen LogP contribution in [-0.2, 0) is 5.79 Å². The van der Waals surface area contributed by atoms with Crippen LogP contribution in [0.15, 0.2) is 36.5 Å². The van der Waals surface area contributed by atoms with Gasteiger partial charge in [-0.05, 0) is 56.5 Å². The lowest BCUT2D eigenvalue weighted by molar-refractivity contribution is -0.0721. The van der Waals surface area contributed by atoms with Crippen molar-refractivity contribution in [2.75, 3.05) is 13.1 Å². The van der Waals surface area contributed by atoms with Crippen LogP contribution in [0.5, 0.6) is 11.5 Å². The summed E-state index contributed by atoms with van der Waals surface area (Å²) < 4.78 is 12.4. The lowest BCUT2D eigenvalue weighted by Gasteiger charge is -2.23. The second-order valence-electron chi connectivity index (χ2n) is 6.56. The maximum atomic E-state index is 6.30. The van der Waals surface area contributed by atoms with Crippen LogP contribution < -0.4 is 14.8 Å². The summed E-state index contributed by atoms with van der Waals surface area (Å²) in [6.07, 6.45) is 5.10. The van der Waals surface area contributed by atoms with E-state index in [1.54, 1.807) is 6.20 Å². The molecule has 24 heavy (non-hydrogen) atoms. The van der Waals surface area contributed by atoms with Crippen LogP contribution in [0.1, 0.15) is 43.4 Å². The van der Waals surface area contributed by atoms with Gasteiger partial charge in [0, 0.05) is 18.7 Å². The molecule has 1 aromatic heterocycles. The number of benzene rings is 1. The number of fused-ring (bicyclic) bond motifs is 1. The zero-order valence-corrected chi connectivity index (χ0v) is 14.5. The lowest BCUT2D eigenvalue weighted by Crippen LogP contribution is -2.32. The fraction of sp³-hybridized carbons (Fsp3) is 0.421. The van der Waals surface area contributed by atoms with Gasteiger partial charge in [-0.1, -0.05) is 23.7 Å². The minimum absolute atomic E-state index is 0.499. The third-order valence-corrected chi connectivity index (χ3v) is 5.04. The minimum Gasteiger partial charge on any atom is -0.443 e. The van der Waals surface area contributed by atoms with Gasteiger partial charge in [0.05, 0.1) is 5.02 Å². The van der Waals surface area contributed by atoms with Crippen LogP contribution in [-0.4, -0.2) is 18.1 Å². The van der Waals surface area contributed by atoms with Gasteiger partial charge in [-0.2, -0.15) is 0 Å². The molecule has 0 radical (unpaired) electrons. The summed E-state index contributed by atoms with van der Waals surface area (Å²) in [4.78, 5) is 4.38. The quantitative estimate of drug-likeness (QED) is 0.885.